The third-order valence-electron chi connectivity index (χ3n) is 3.29. The maximum absolute atomic E-state index is 12.5. The van der Waals surface area contributed by atoms with E-state index in [4.69, 9.17) is 9.05 Å². The molecule has 1 unspecified atom stereocenters. The lowest BCUT2D eigenvalue weighted by Crippen LogP contribution is -2.18. The van der Waals surface area contributed by atoms with Crippen LogP contribution in [0.3, 0.4) is 0 Å². The zero-order valence-electron chi connectivity index (χ0n) is 13.1. The Hall–Kier alpha value is -0.960. The second-order valence-electron chi connectivity index (χ2n) is 4.96. The van der Waals surface area contributed by atoms with Crippen LogP contribution < -0.4 is 0 Å². The van der Waals surface area contributed by atoms with E-state index >= 15 is 0 Å². The van der Waals surface area contributed by atoms with Gasteiger partial charge in [-0.25, -0.2) is 0 Å². The molecule has 0 aliphatic heterocycles. The Labute approximate surface area is 127 Å². The zero-order valence-corrected chi connectivity index (χ0v) is 14.0. The number of benzene rings is 1. The summed E-state index contributed by atoms with van der Waals surface area (Å²) in [6.07, 6.45) is 1.60. The van der Waals surface area contributed by atoms with Crippen LogP contribution in [0.2, 0.25) is 0 Å². The van der Waals surface area contributed by atoms with Crippen LogP contribution in [0.15, 0.2) is 30.3 Å². The minimum atomic E-state index is -3.17. The van der Waals surface area contributed by atoms with Gasteiger partial charge in [0.1, 0.15) is 5.78 Å². The second kappa shape index (κ2) is 9.14. The average Bonchev–Trinajstić information content (AvgIpc) is 2.45. The predicted octanol–water partition coefficient (Wildman–Crippen LogP) is 4.09. The Morgan fingerprint density at radius 3 is 2.19 bits per heavy atom. The van der Waals surface area contributed by atoms with Gasteiger partial charge in [0.15, 0.2) is 0 Å². The summed E-state index contributed by atoms with van der Waals surface area (Å²) < 4.78 is 23.1. The van der Waals surface area contributed by atoms with Crippen molar-refractivity contribution in [2.45, 2.75) is 33.6 Å². The fourth-order valence-corrected chi connectivity index (χ4v) is 4.27. The first-order valence-electron chi connectivity index (χ1n) is 7.43. The van der Waals surface area contributed by atoms with Crippen molar-refractivity contribution in [2.75, 3.05) is 19.4 Å². The Kier molecular flexibility index (Phi) is 7.87. The summed E-state index contributed by atoms with van der Waals surface area (Å²) >= 11 is 0. The van der Waals surface area contributed by atoms with Gasteiger partial charge in [0.05, 0.1) is 19.4 Å². The van der Waals surface area contributed by atoms with E-state index in [1.807, 2.05) is 30.3 Å². The molecule has 4 nitrogen and oxygen atoms in total. The van der Waals surface area contributed by atoms with Crippen molar-refractivity contribution in [1.29, 1.82) is 0 Å². The van der Waals surface area contributed by atoms with E-state index in [1.165, 1.54) is 12.5 Å². The van der Waals surface area contributed by atoms with Crippen LogP contribution in [-0.4, -0.2) is 25.2 Å². The average molecular weight is 312 g/mol. The lowest BCUT2D eigenvalue weighted by Gasteiger charge is -2.21. The van der Waals surface area contributed by atoms with Gasteiger partial charge in [0.25, 0.3) is 0 Å². The molecule has 0 saturated heterocycles. The van der Waals surface area contributed by atoms with E-state index < -0.39 is 7.60 Å². The number of carbonyl (C=O) groups excluding carboxylic acids is 1. The van der Waals surface area contributed by atoms with Crippen molar-refractivity contribution in [1.82, 2.24) is 0 Å². The number of hydrogen-bond donors (Lipinski definition) is 0. The standard InChI is InChI=1S/C16H25O4P/c1-4-19-21(18,20-5-2)13-16(14(3)17)12-11-15-9-7-6-8-10-15/h6-10,16H,4-5,11-13H2,1-3H3. The highest BCUT2D eigenvalue weighted by Gasteiger charge is 2.30. The molecular weight excluding hydrogens is 287 g/mol. The van der Waals surface area contributed by atoms with Crippen LogP contribution in [0.1, 0.15) is 32.8 Å². The van der Waals surface area contributed by atoms with Crippen LogP contribution in [0.5, 0.6) is 0 Å². The topological polar surface area (TPSA) is 52.6 Å². The molecule has 0 spiro atoms. The molecular formula is C16H25O4P. The molecule has 21 heavy (non-hydrogen) atoms. The molecule has 0 aromatic heterocycles. The van der Waals surface area contributed by atoms with Crippen LogP contribution in [0.4, 0.5) is 0 Å². The smallest absolute Gasteiger partial charge is 0.309 e. The van der Waals surface area contributed by atoms with E-state index in [1.54, 1.807) is 13.8 Å². The Balaban J connectivity index is 2.68. The van der Waals surface area contributed by atoms with Crippen LogP contribution in [0, 0.1) is 5.92 Å². The van der Waals surface area contributed by atoms with E-state index in [2.05, 4.69) is 0 Å². The molecule has 0 radical (unpaired) electrons. The van der Waals surface area contributed by atoms with Crippen LogP contribution in [0.25, 0.3) is 0 Å². The summed E-state index contributed by atoms with van der Waals surface area (Å²) in [5.41, 5.74) is 1.17. The van der Waals surface area contributed by atoms with Gasteiger partial charge in [-0.05, 0) is 39.2 Å². The summed E-state index contributed by atoms with van der Waals surface area (Å²) in [5.74, 6) is -0.264. The van der Waals surface area contributed by atoms with Gasteiger partial charge in [-0.2, -0.15) is 0 Å². The normalized spacial score (nSPS) is 13.1. The quantitative estimate of drug-likeness (QED) is 0.611. The lowest BCUT2D eigenvalue weighted by molar-refractivity contribution is -0.120. The lowest BCUT2D eigenvalue weighted by atomic mass is 9.98. The van der Waals surface area contributed by atoms with Gasteiger partial charge in [0.2, 0.25) is 0 Å². The molecule has 0 amide bonds. The summed E-state index contributed by atoms with van der Waals surface area (Å²) in [6, 6.07) is 9.97. The maximum Gasteiger partial charge on any atom is 0.331 e. The predicted molar refractivity (Wildman–Crippen MR) is 84.7 cm³/mol. The van der Waals surface area contributed by atoms with Gasteiger partial charge in [-0.3, -0.25) is 9.36 Å². The van der Waals surface area contributed by atoms with E-state index in [-0.39, 0.29) is 17.9 Å². The first-order chi connectivity index (χ1) is 10.0. The Bertz CT molecular complexity index is 462. The SMILES string of the molecule is CCOP(=O)(CC(CCc1ccccc1)C(C)=O)OCC. The number of ketones is 1. The van der Waals surface area contributed by atoms with Gasteiger partial charge >= 0.3 is 7.60 Å². The van der Waals surface area contributed by atoms with Crippen molar-refractivity contribution in [3.63, 3.8) is 0 Å². The molecule has 5 heteroatoms. The molecule has 1 aromatic rings. The fourth-order valence-electron chi connectivity index (χ4n) is 2.21. The second-order valence-corrected chi connectivity index (χ2v) is 7.06. The summed E-state index contributed by atoms with van der Waals surface area (Å²) in [6.45, 7) is 5.73. The summed E-state index contributed by atoms with van der Waals surface area (Å²) in [7, 11) is -3.17. The van der Waals surface area contributed by atoms with E-state index in [9.17, 15) is 9.36 Å². The molecule has 1 aromatic carbocycles. The van der Waals surface area contributed by atoms with Gasteiger partial charge < -0.3 is 9.05 Å². The van der Waals surface area contributed by atoms with Crippen molar-refractivity contribution in [3.05, 3.63) is 35.9 Å². The third kappa shape index (κ3) is 6.56. The first-order valence-corrected chi connectivity index (χ1v) is 9.16. The van der Waals surface area contributed by atoms with E-state index in [0.29, 0.717) is 19.6 Å². The Morgan fingerprint density at radius 1 is 1.14 bits per heavy atom. The fraction of sp³-hybridized carbons (Fsp3) is 0.562. The number of hydrogen-bond acceptors (Lipinski definition) is 4. The molecule has 1 atom stereocenters. The van der Waals surface area contributed by atoms with E-state index in [0.717, 1.165) is 6.42 Å². The monoisotopic (exact) mass is 312 g/mol. The summed E-state index contributed by atoms with van der Waals surface area (Å²) in [4.78, 5) is 11.8. The molecule has 0 heterocycles. The summed E-state index contributed by atoms with van der Waals surface area (Å²) in [5, 5.41) is 0. The molecule has 1 rings (SSSR count). The number of aryl methyl sites for hydroxylation is 1. The van der Waals surface area contributed by atoms with Crippen LogP contribution >= 0.6 is 7.60 Å². The number of rotatable bonds is 10. The highest BCUT2D eigenvalue weighted by Crippen LogP contribution is 2.50. The number of Topliss-reactive ketones (excluding diaryl/α,β-unsaturated/α-hetero) is 1. The van der Waals surface area contributed by atoms with Gasteiger partial charge in [-0.1, -0.05) is 30.3 Å². The van der Waals surface area contributed by atoms with Crippen LogP contribution in [-0.2, 0) is 24.8 Å². The molecule has 0 fully saturated rings. The van der Waals surface area contributed by atoms with Gasteiger partial charge in [-0.15, -0.1) is 0 Å². The zero-order chi connectivity index (χ0) is 15.7. The van der Waals surface area contributed by atoms with Gasteiger partial charge in [0, 0.05) is 5.92 Å². The third-order valence-corrected chi connectivity index (χ3v) is 5.49. The minimum absolute atomic E-state index is 0.0329. The molecule has 0 saturated carbocycles. The molecule has 0 aliphatic carbocycles. The Morgan fingerprint density at radius 2 is 1.71 bits per heavy atom. The largest absolute Gasteiger partial charge is 0.331 e. The highest BCUT2D eigenvalue weighted by atomic mass is 31.2. The molecule has 0 aliphatic rings. The first kappa shape index (κ1) is 18.1. The molecule has 0 bridgehead atoms. The number of carbonyl (C=O) groups is 1. The van der Waals surface area contributed by atoms with Crippen molar-refractivity contribution in [2.24, 2.45) is 5.92 Å². The highest BCUT2D eigenvalue weighted by molar-refractivity contribution is 7.53. The maximum atomic E-state index is 12.5. The van der Waals surface area contributed by atoms with Crippen molar-refractivity contribution in [3.8, 4) is 0 Å². The van der Waals surface area contributed by atoms with Crippen molar-refractivity contribution < 1.29 is 18.4 Å². The molecule has 118 valence electrons. The molecule has 0 N–H and O–H groups in total. The minimum Gasteiger partial charge on any atom is -0.309 e. The van der Waals surface area contributed by atoms with Crippen molar-refractivity contribution >= 4 is 13.4 Å².